The zero-order valence-corrected chi connectivity index (χ0v) is 18.5. The summed E-state index contributed by atoms with van der Waals surface area (Å²) < 4.78 is 0. The van der Waals surface area contributed by atoms with E-state index in [4.69, 9.17) is 4.99 Å². The second-order valence-corrected chi connectivity index (χ2v) is 9.15. The summed E-state index contributed by atoms with van der Waals surface area (Å²) in [5.41, 5.74) is 4.97. The van der Waals surface area contributed by atoms with Crippen LogP contribution < -0.4 is 5.32 Å². The van der Waals surface area contributed by atoms with Gasteiger partial charge in [0, 0.05) is 18.2 Å². The van der Waals surface area contributed by atoms with Crippen LogP contribution in [0, 0.1) is 13.8 Å². The molecule has 1 heterocycles. The summed E-state index contributed by atoms with van der Waals surface area (Å²) in [6.07, 6.45) is 3.13. The van der Waals surface area contributed by atoms with Crippen LogP contribution in [-0.2, 0) is 16.0 Å². The number of hydrogen-bond donors (Lipinski definition) is 1. The highest BCUT2D eigenvalue weighted by Gasteiger charge is 2.46. The monoisotopic (exact) mass is 421 g/mol. The van der Waals surface area contributed by atoms with E-state index in [2.05, 4.69) is 24.4 Å². The van der Waals surface area contributed by atoms with Gasteiger partial charge in [-0.25, -0.2) is 4.99 Å². The van der Waals surface area contributed by atoms with Gasteiger partial charge >= 0.3 is 0 Å². The Morgan fingerprint density at radius 1 is 1.13 bits per heavy atom. The second-order valence-electron chi connectivity index (χ2n) is 7.98. The number of benzene rings is 2. The number of thioether (sulfide) groups is 1. The average molecular weight is 422 g/mol. The lowest BCUT2D eigenvalue weighted by Crippen LogP contribution is -2.35. The molecule has 1 saturated carbocycles. The van der Waals surface area contributed by atoms with Gasteiger partial charge in [-0.1, -0.05) is 49.0 Å². The Kier molecular flexibility index (Phi) is 5.95. The van der Waals surface area contributed by atoms with Crippen molar-refractivity contribution >= 4 is 40.1 Å². The lowest BCUT2D eigenvalue weighted by molar-refractivity contribution is -0.128. The van der Waals surface area contributed by atoms with Crippen molar-refractivity contribution in [3.8, 4) is 0 Å². The molecule has 1 N–H and O–H groups in total. The van der Waals surface area contributed by atoms with E-state index < -0.39 is 5.25 Å². The Morgan fingerprint density at radius 2 is 1.80 bits per heavy atom. The second kappa shape index (κ2) is 8.64. The number of nitrogens with zero attached hydrogens (tertiary/aromatic N) is 2. The minimum Gasteiger partial charge on any atom is -0.326 e. The summed E-state index contributed by atoms with van der Waals surface area (Å²) in [6.45, 7) is 6.07. The number of rotatable bonds is 6. The number of aryl methyl sites for hydroxylation is 3. The number of hydrogen-bond acceptors (Lipinski definition) is 4. The topological polar surface area (TPSA) is 61.8 Å². The van der Waals surface area contributed by atoms with Crippen molar-refractivity contribution in [2.24, 2.45) is 4.99 Å². The molecule has 1 saturated heterocycles. The first kappa shape index (κ1) is 20.7. The van der Waals surface area contributed by atoms with E-state index in [0.717, 1.165) is 46.9 Å². The molecule has 0 aromatic heterocycles. The third kappa shape index (κ3) is 4.43. The van der Waals surface area contributed by atoms with E-state index in [1.165, 1.54) is 17.3 Å². The molecule has 6 heteroatoms. The summed E-state index contributed by atoms with van der Waals surface area (Å²) in [6, 6.07) is 14.3. The summed E-state index contributed by atoms with van der Waals surface area (Å²) in [5.74, 6) is -0.134. The van der Waals surface area contributed by atoms with E-state index in [9.17, 15) is 9.59 Å². The Balaban J connectivity index is 1.49. The normalized spacial score (nSPS) is 20.1. The molecule has 30 heavy (non-hydrogen) atoms. The lowest BCUT2D eigenvalue weighted by Gasteiger charge is -2.15. The fourth-order valence-electron chi connectivity index (χ4n) is 3.65. The molecule has 0 spiro atoms. The molecule has 5 nitrogen and oxygen atoms in total. The highest BCUT2D eigenvalue weighted by atomic mass is 32.2. The van der Waals surface area contributed by atoms with E-state index in [1.54, 1.807) is 0 Å². The lowest BCUT2D eigenvalue weighted by atomic mass is 10.1. The van der Waals surface area contributed by atoms with E-state index in [0.29, 0.717) is 0 Å². The van der Waals surface area contributed by atoms with Crippen LogP contribution in [0.3, 0.4) is 0 Å². The third-order valence-corrected chi connectivity index (χ3v) is 6.72. The van der Waals surface area contributed by atoms with Gasteiger partial charge < -0.3 is 5.32 Å². The third-order valence-electron chi connectivity index (χ3n) is 5.56. The quantitative estimate of drug-likeness (QED) is 0.715. The minimum atomic E-state index is -0.427. The Morgan fingerprint density at radius 3 is 2.40 bits per heavy atom. The standard InChI is InChI=1S/C24H27N3O2S/c1-4-17-8-10-18(11-9-17)25-24-27(19-12-13-19)23(29)20(30-24)14-21(28)26-22-15(2)6-5-7-16(22)3/h5-11,19-20H,4,12-14H2,1-3H3,(H,26,28)/t20-/m0/s1. The zero-order chi connectivity index (χ0) is 21.3. The molecule has 2 fully saturated rings. The molecule has 0 radical (unpaired) electrons. The van der Waals surface area contributed by atoms with E-state index >= 15 is 0 Å². The minimum absolute atomic E-state index is 0.00286. The van der Waals surface area contributed by atoms with Crippen LogP contribution in [0.1, 0.15) is 42.9 Å². The van der Waals surface area contributed by atoms with Crippen LogP contribution in [0.5, 0.6) is 0 Å². The fourth-order valence-corrected chi connectivity index (χ4v) is 4.86. The molecule has 1 atom stereocenters. The van der Waals surface area contributed by atoms with E-state index in [1.807, 2.05) is 49.1 Å². The van der Waals surface area contributed by atoms with Crippen molar-refractivity contribution in [1.29, 1.82) is 0 Å². The Hall–Kier alpha value is -2.60. The van der Waals surface area contributed by atoms with Gasteiger partial charge in [0.2, 0.25) is 11.8 Å². The number of carbonyl (C=O) groups is 2. The van der Waals surface area contributed by atoms with Crippen LogP contribution in [0.2, 0.25) is 0 Å². The molecule has 2 aromatic rings. The number of aliphatic imine (C=N–C) groups is 1. The van der Waals surface area contributed by atoms with Crippen molar-refractivity contribution in [3.05, 3.63) is 59.2 Å². The van der Waals surface area contributed by atoms with Gasteiger partial charge in [-0.2, -0.15) is 0 Å². The first-order valence-corrected chi connectivity index (χ1v) is 11.4. The van der Waals surface area contributed by atoms with Gasteiger partial charge in [0.05, 0.1) is 5.69 Å². The number of amidine groups is 1. The van der Waals surface area contributed by atoms with Gasteiger partial charge in [0.15, 0.2) is 5.17 Å². The number of para-hydroxylation sites is 1. The van der Waals surface area contributed by atoms with Crippen LogP contribution in [0.25, 0.3) is 0 Å². The smallest absolute Gasteiger partial charge is 0.242 e. The highest BCUT2D eigenvalue weighted by Crippen LogP contribution is 2.39. The van der Waals surface area contributed by atoms with Crippen LogP contribution in [0.15, 0.2) is 47.5 Å². The summed E-state index contributed by atoms with van der Waals surface area (Å²) >= 11 is 1.41. The van der Waals surface area contributed by atoms with Gasteiger partial charge in [0.25, 0.3) is 0 Å². The van der Waals surface area contributed by atoms with Gasteiger partial charge in [-0.15, -0.1) is 0 Å². The van der Waals surface area contributed by atoms with E-state index in [-0.39, 0.29) is 24.3 Å². The van der Waals surface area contributed by atoms with Crippen molar-refractivity contribution in [2.75, 3.05) is 5.32 Å². The predicted octanol–water partition coefficient (Wildman–Crippen LogP) is 4.99. The van der Waals surface area contributed by atoms with Crippen molar-refractivity contribution < 1.29 is 9.59 Å². The first-order valence-electron chi connectivity index (χ1n) is 10.5. The zero-order valence-electron chi connectivity index (χ0n) is 17.6. The molecule has 2 aliphatic rings. The molecular weight excluding hydrogens is 394 g/mol. The van der Waals surface area contributed by atoms with Gasteiger partial charge in [-0.05, 0) is 61.9 Å². The summed E-state index contributed by atoms with van der Waals surface area (Å²) in [7, 11) is 0. The highest BCUT2D eigenvalue weighted by molar-refractivity contribution is 8.15. The summed E-state index contributed by atoms with van der Waals surface area (Å²) in [4.78, 5) is 32.3. The van der Waals surface area contributed by atoms with Crippen LogP contribution in [-0.4, -0.2) is 33.2 Å². The molecule has 1 aliphatic carbocycles. The Labute approximate surface area is 182 Å². The maximum atomic E-state index is 13.1. The molecular formula is C24H27N3O2S. The molecule has 4 rings (SSSR count). The maximum absolute atomic E-state index is 13.1. The number of anilines is 1. The number of carbonyl (C=O) groups excluding carboxylic acids is 2. The van der Waals surface area contributed by atoms with Crippen molar-refractivity contribution in [3.63, 3.8) is 0 Å². The van der Waals surface area contributed by atoms with Gasteiger partial charge in [-0.3, -0.25) is 14.5 Å². The molecule has 0 bridgehead atoms. The molecule has 1 aliphatic heterocycles. The SMILES string of the molecule is CCc1ccc(N=C2S[C@@H](CC(=O)Nc3c(C)cccc3C)C(=O)N2C2CC2)cc1. The van der Waals surface area contributed by atoms with Gasteiger partial charge in [0.1, 0.15) is 5.25 Å². The summed E-state index contributed by atoms with van der Waals surface area (Å²) in [5, 5.41) is 3.29. The number of amides is 2. The molecule has 2 aromatic carbocycles. The molecule has 156 valence electrons. The average Bonchev–Trinajstić information content (AvgIpc) is 3.51. The first-order chi connectivity index (χ1) is 14.5. The molecule has 0 unspecified atom stereocenters. The van der Waals surface area contributed by atoms with Crippen LogP contribution in [0.4, 0.5) is 11.4 Å². The maximum Gasteiger partial charge on any atom is 0.242 e. The predicted molar refractivity (Wildman–Crippen MR) is 123 cm³/mol. The van der Waals surface area contributed by atoms with Crippen molar-refractivity contribution in [2.45, 2.75) is 57.7 Å². The largest absolute Gasteiger partial charge is 0.326 e. The van der Waals surface area contributed by atoms with Crippen molar-refractivity contribution in [1.82, 2.24) is 4.90 Å². The van der Waals surface area contributed by atoms with Crippen LogP contribution >= 0.6 is 11.8 Å². The Bertz CT molecular complexity index is 976. The fraction of sp³-hybridized carbons (Fsp3) is 0.375. The number of nitrogens with one attached hydrogen (secondary N) is 1. The molecule has 2 amide bonds.